The van der Waals surface area contributed by atoms with Crippen LogP contribution in [0.2, 0.25) is 0 Å². The zero-order chi connectivity index (χ0) is 20.8. The molecule has 0 radical (unpaired) electrons. The van der Waals surface area contributed by atoms with E-state index < -0.39 is 0 Å². The van der Waals surface area contributed by atoms with Crippen LogP contribution in [0, 0.1) is 6.92 Å². The predicted octanol–water partition coefficient (Wildman–Crippen LogP) is 4.08. The molecule has 6 nitrogen and oxygen atoms in total. The molecule has 0 aliphatic rings. The van der Waals surface area contributed by atoms with Crippen molar-refractivity contribution in [2.75, 3.05) is 7.11 Å². The summed E-state index contributed by atoms with van der Waals surface area (Å²) in [5.74, 6) is 1.45. The van der Waals surface area contributed by atoms with Crippen molar-refractivity contribution in [3.63, 3.8) is 0 Å². The van der Waals surface area contributed by atoms with E-state index in [0.717, 1.165) is 22.7 Å². The minimum absolute atomic E-state index is 0.0277. The second-order valence-corrected chi connectivity index (χ2v) is 8.02. The third kappa shape index (κ3) is 4.98. The molecule has 0 aliphatic carbocycles. The quantitative estimate of drug-likeness (QED) is 0.567. The first-order chi connectivity index (χ1) is 14.0. The smallest absolute Gasteiger partial charge is 0.233 e. The number of amides is 1. The number of benzene rings is 2. The molecule has 1 N–H and O–H groups in total. The van der Waals surface area contributed by atoms with Crippen LogP contribution in [-0.4, -0.2) is 33.0 Å². The van der Waals surface area contributed by atoms with Crippen LogP contribution in [0.3, 0.4) is 0 Å². The van der Waals surface area contributed by atoms with Crippen LogP contribution in [0.15, 0.2) is 53.7 Å². The largest absolute Gasteiger partial charge is 0.496 e. The van der Waals surface area contributed by atoms with Gasteiger partial charge in [-0.1, -0.05) is 53.7 Å². The number of nitrogens with one attached hydrogen (secondary N) is 1. The normalized spacial score (nSPS) is 11.9. The first kappa shape index (κ1) is 20.9. The summed E-state index contributed by atoms with van der Waals surface area (Å²) in [5, 5.41) is 12.1. The number of aryl methyl sites for hydroxylation is 1. The van der Waals surface area contributed by atoms with Crippen LogP contribution in [0.4, 0.5) is 0 Å². The van der Waals surface area contributed by atoms with E-state index in [1.807, 2.05) is 73.9 Å². The summed E-state index contributed by atoms with van der Waals surface area (Å²) in [6.07, 6.45) is 0. The monoisotopic (exact) mass is 410 g/mol. The second kappa shape index (κ2) is 9.60. The minimum Gasteiger partial charge on any atom is -0.496 e. The van der Waals surface area contributed by atoms with Crippen molar-refractivity contribution in [3.05, 3.63) is 59.7 Å². The van der Waals surface area contributed by atoms with Crippen molar-refractivity contribution in [1.29, 1.82) is 0 Å². The third-order valence-electron chi connectivity index (χ3n) is 4.62. The fraction of sp³-hybridized carbons (Fsp3) is 0.318. The molecule has 1 amide bonds. The number of nitrogens with zero attached hydrogens (tertiary/aromatic N) is 3. The lowest BCUT2D eigenvalue weighted by Crippen LogP contribution is -2.30. The van der Waals surface area contributed by atoms with Gasteiger partial charge in [0.2, 0.25) is 5.91 Å². The van der Waals surface area contributed by atoms with E-state index in [0.29, 0.717) is 18.2 Å². The summed E-state index contributed by atoms with van der Waals surface area (Å²) in [7, 11) is 1.64. The SMILES string of the molecule is CCn1c(SC(C)C(=O)NCc2ccc(C)cc2)nnc1-c1ccccc1OC. The van der Waals surface area contributed by atoms with Gasteiger partial charge in [-0.2, -0.15) is 0 Å². The third-order valence-corrected chi connectivity index (χ3v) is 5.70. The van der Waals surface area contributed by atoms with E-state index in [4.69, 9.17) is 4.74 Å². The second-order valence-electron chi connectivity index (χ2n) is 6.71. The molecular weight excluding hydrogens is 384 g/mol. The molecule has 29 heavy (non-hydrogen) atoms. The summed E-state index contributed by atoms with van der Waals surface area (Å²) in [6.45, 7) is 7.17. The predicted molar refractivity (Wildman–Crippen MR) is 116 cm³/mol. The molecule has 7 heteroatoms. The van der Waals surface area contributed by atoms with Crippen LogP contribution < -0.4 is 10.1 Å². The van der Waals surface area contributed by atoms with Crippen LogP contribution in [0.5, 0.6) is 5.75 Å². The van der Waals surface area contributed by atoms with E-state index in [1.165, 1.54) is 17.3 Å². The Bertz CT molecular complexity index is 969. The van der Waals surface area contributed by atoms with Gasteiger partial charge in [0, 0.05) is 13.1 Å². The Morgan fingerprint density at radius 3 is 2.59 bits per heavy atom. The zero-order valence-corrected chi connectivity index (χ0v) is 18.0. The first-order valence-electron chi connectivity index (χ1n) is 9.60. The molecule has 1 unspecified atom stereocenters. The van der Waals surface area contributed by atoms with Gasteiger partial charge in [0.15, 0.2) is 11.0 Å². The van der Waals surface area contributed by atoms with Gasteiger partial charge in [-0.3, -0.25) is 4.79 Å². The fourth-order valence-electron chi connectivity index (χ4n) is 2.94. The van der Waals surface area contributed by atoms with Crippen molar-refractivity contribution >= 4 is 17.7 Å². The Labute approximate surface area is 175 Å². The van der Waals surface area contributed by atoms with Gasteiger partial charge < -0.3 is 14.6 Å². The average molecular weight is 411 g/mol. The number of carbonyl (C=O) groups excluding carboxylic acids is 1. The molecule has 0 aliphatic heterocycles. The Kier molecular flexibility index (Phi) is 6.93. The maximum Gasteiger partial charge on any atom is 0.233 e. The summed E-state index contributed by atoms with van der Waals surface area (Å²) in [4.78, 5) is 12.6. The molecule has 0 fully saturated rings. The maximum atomic E-state index is 12.6. The number of hydrogen-bond donors (Lipinski definition) is 1. The van der Waals surface area contributed by atoms with E-state index in [1.54, 1.807) is 7.11 Å². The van der Waals surface area contributed by atoms with Gasteiger partial charge in [0.1, 0.15) is 5.75 Å². The van der Waals surface area contributed by atoms with E-state index in [-0.39, 0.29) is 11.2 Å². The van der Waals surface area contributed by atoms with Crippen LogP contribution in [-0.2, 0) is 17.9 Å². The van der Waals surface area contributed by atoms with Crippen molar-refractivity contribution in [2.45, 2.75) is 44.3 Å². The Hall–Kier alpha value is -2.80. The van der Waals surface area contributed by atoms with Gasteiger partial charge in [-0.25, -0.2) is 0 Å². The van der Waals surface area contributed by atoms with Gasteiger partial charge >= 0.3 is 0 Å². The highest BCUT2D eigenvalue weighted by molar-refractivity contribution is 8.00. The summed E-state index contributed by atoms with van der Waals surface area (Å²) in [5.41, 5.74) is 3.16. The van der Waals surface area contributed by atoms with Crippen molar-refractivity contribution in [3.8, 4) is 17.1 Å². The Balaban J connectivity index is 1.70. The highest BCUT2D eigenvalue weighted by atomic mass is 32.2. The first-order valence-corrected chi connectivity index (χ1v) is 10.5. The average Bonchev–Trinajstić information content (AvgIpc) is 3.15. The number of methoxy groups -OCH3 is 1. The molecule has 1 aromatic heterocycles. The summed E-state index contributed by atoms with van der Waals surface area (Å²) >= 11 is 1.41. The van der Waals surface area contributed by atoms with Crippen LogP contribution in [0.1, 0.15) is 25.0 Å². The number of aromatic nitrogens is 3. The lowest BCUT2D eigenvalue weighted by molar-refractivity contribution is -0.120. The number of thioether (sulfide) groups is 1. The topological polar surface area (TPSA) is 69.0 Å². The molecular formula is C22H26N4O2S. The lowest BCUT2D eigenvalue weighted by atomic mass is 10.1. The highest BCUT2D eigenvalue weighted by Crippen LogP contribution is 2.31. The Morgan fingerprint density at radius 1 is 1.17 bits per heavy atom. The molecule has 1 atom stereocenters. The maximum absolute atomic E-state index is 12.6. The highest BCUT2D eigenvalue weighted by Gasteiger charge is 2.21. The number of para-hydroxylation sites is 1. The number of carbonyl (C=O) groups is 1. The van der Waals surface area contributed by atoms with Gasteiger partial charge in [0.25, 0.3) is 0 Å². The van der Waals surface area contributed by atoms with E-state index in [9.17, 15) is 4.79 Å². The molecule has 0 bridgehead atoms. The van der Waals surface area contributed by atoms with E-state index in [2.05, 4.69) is 15.5 Å². The number of hydrogen-bond acceptors (Lipinski definition) is 5. The van der Waals surface area contributed by atoms with Gasteiger partial charge in [0.05, 0.1) is 17.9 Å². The standard InChI is InChI=1S/C22H26N4O2S/c1-5-26-20(18-8-6-7-9-19(18)28-4)24-25-22(26)29-16(3)21(27)23-14-17-12-10-15(2)11-13-17/h6-13,16H,5,14H2,1-4H3,(H,23,27). The van der Waals surface area contributed by atoms with Crippen molar-refractivity contribution in [1.82, 2.24) is 20.1 Å². The van der Waals surface area contributed by atoms with E-state index >= 15 is 0 Å². The molecule has 1 heterocycles. The lowest BCUT2D eigenvalue weighted by Gasteiger charge is -2.13. The fourth-order valence-corrected chi connectivity index (χ4v) is 3.88. The molecule has 3 rings (SSSR count). The molecule has 3 aromatic rings. The zero-order valence-electron chi connectivity index (χ0n) is 17.2. The molecule has 0 saturated heterocycles. The minimum atomic E-state index is -0.291. The van der Waals surface area contributed by atoms with Crippen molar-refractivity contribution < 1.29 is 9.53 Å². The van der Waals surface area contributed by atoms with Crippen LogP contribution >= 0.6 is 11.8 Å². The molecule has 0 saturated carbocycles. The number of ether oxygens (including phenoxy) is 1. The molecule has 0 spiro atoms. The number of rotatable bonds is 8. The summed E-state index contributed by atoms with van der Waals surface area (Å²) in [6, 6.07) is 15.9. The van der Waals surface area contributed by atoms with Gasteiger partial charge in [-0.05, 0) is 38.5 Å². The van der Waals surface area contributed by atoms with Crippen LogP contribution in [0.25, 0.3) is 11.4 Å². The van der Waals surface area contributed by atoms with Gasteiger partial charge in [-0.15, -0.1) is 10.2 Å². The molecule has 152 valence electrons. The van der Waals surface area contributed by atoms with Crippen molar-refractivity contribution in [2.24, 2.45) is 0 Å². The summed E-state index contributed by atoms with van der Waals surface area (Å²) < 4.78 is 7.46. The Morgan fingerprint density at radius 2 is 1.90 bits per heavy atom. The molecule has 2 aromatic carbocycles.